The van der Waals surface area contributed by atoms with Crippen LogP contribution >= 0.6 is 23.2 Å². The smallest absolute Gasteiger partial charge is 0.142 e. The second kappa shape index (κ2) is 7.47. The number of halogens is 3. The van der Waals surface area contributed by atoms with E-state index < -0.39 is 0 Å². The van der Waals surface area contributed by atoms with Crippen molar-refractivity contribution in [2.24, 2.45) is 11.8 Å². The van der Waals surface area contributed by atoms with Gasteiger partial charge in [0.2, 0.25) is 0 Å². The molecule has 1 aliphatic carbocycles. The Bertz CT molecular complexity index is 561. The summed E-state index contributed by atoms with van der Waals surface area (Å²) in [5, 5.41) is 1.11. The third-order valence-corrected chi connectivity index (χ3v) is 4.67. The lowest BCUT2D eigenvalue weighted by Gasteiger charge is -2.24. The fourth-order valence-electron chi connectivity index (χ4n) is 2.87. The van der Waals surface area contributed by atoms with Gasteiger partial charge in [0.1, 0.15) is 5.82 Å². The minimum absolute atomic E-state index is 0.221. The zero-order chi connectivity index (χ0) is 15.4. The van der Waals surface area contributed by atoms with Crippen LogP contribution in [0.1, 0.15) is 37.8 Å². The summed E-state index contributed by atoms with van der Waals surface area (Å²) in [6.45, 7) is 4.33. The van der Waals surface area contributed by atoms with Crippen LogP contribution in [0.15, 0.2) is 35.4 Å². The van der Waals surface area contributed by atoms with Crippen LogP contribution in [0.25, 0.3) is 0 Å². The molecule has 0 radical (unpaired) electrons. The number of aryl methyl sites for hydroxylation is 1. The maximum absolute atomic E-state index is 13.8. The third kappa shape index (κ3) is 4.34. The van der Waals surface area contributed by atoms with Gasteiger partial charge in [0.25, 0.3) is 0 Å². The molecule has 0 nitrogen and oxygen atoms in total. The Hall–Kier alpha value is -0.790. The molecule has 0 saturated heterocycles. The molecule has 0 bridgehead atoms. The van der Waals surface area contributed by atoms with Gasteiger partial charge >= 0.3 is 0 Å². The molecule has 0 aliphatic heterocycles. The minimum Gasteiger partial charge on any atom is -0.205 e. The summed E-state index contributed by atoms with van der Waals surface area (Å²) >= 11 is 12.0. The molecule has 0 aromatic heterocycles. The van der Waals surface area contributed by atoms with Crippen LogP contribution in [-0.2, 0) is 12.8 Å². The second-order valence-electron chi connectivity index (χ2n) is 5.83. The van der Waals surface area contributed by atoms with Gasteiger partial charge in [-0.25, -0.2) is 4.39 Å². The van der Waals surface area contributed by atoms with Gasteiger partial charge < -0.3 is 0 Å². The summed E-state index contributed by atoms with van der Waals surface area (Å²) in [6.07, 6.45) is 9.84. The molecular formula is C18H21Cl2F. The molecule has 3 heteroatoms. The highest BCUT2D eigenvalue weighted by molar-refractivity contribution is 6.30. The highest BCUT2D eigenvalue weighted by Gasteiger charge is 2.20. The first kappa shape index (κ1) is 16.6. The van der Waals surface area contributed by atoms with E-state index in [1.165, 1.54) is 0 Å². The Balaban J connectivity index is 2.16. The SMILES string of the molecule is CCCc1cc(Cl)c(F)cc1CC(C)C1C=CC=C(Cl)C1. The molecule has 114 valence electrons. The van der Waals surface area contributed by atoms with Crippen molar-refractivity contribution in [2.45, 2.75) is 39.5 Å². The first-order valence-corrected chi connectivity index (χ1v) is 8.26. The maximum atomic E-state index is 13.8. The van der Waals surface area contributed by atoms with Crippen LogP contribution in [0.5, 0.6) is 0 Å². The van der Waals surface area contributed by atoms with E-state index in [0.717, 1.165) is 41.8 Å². The summed E-state index contributed by atoms with van der Waals surface area (Å²) in [6, 6.07) is 3.39. The first-order chi connectivity index (χ1) is 10.0. The van der Waals surface area contributed by atoms with Gasteiger partial charge in [-0.2, -0.15) is 0 Å². The molecule has 2 unspecified atom stereocenters. The summed E-state index contributed by atoms with van der Waals surface area (Å²) in [7, 11) is 0. The lowest BCUT2D eigenvalue weighted by molar-refractivity contribution is 0.423. The van der Waals surface area contributed by atoms with Gasteiger partial charge in [-0.1, -0.05) is 55.6 Å². The summed E-state index contributed by atoms with van der Waals surface area (Å²) < 4.78 is 13.8. The van der Waals surface area contributed by atoms with E-state index in [0.29, 0.717) is 11.8 Å². The van der Waals surface area contributed by atoms with Crippen LogP contribution in [-0.4, -0.2) is 0 Å². The van der Waals surface area contributed by atoms with Crippen molar-refractivity contribution in [3.05, 3.63) is 57.4 Å². The Morgan fingerprint density at radius 2 is 2.05 bits per heavy atom. The fraction of sp³-hybridized carbons (Fsp3) is 0.444. The fourth-order valence-corrected chi connectivity index (χ4v) is 3.31. The molecule has 1 aromatic carbocycles. The van der Waals surface area contributed by atoms with Crippen molar-refractivity contribution in [2.75, 3.05) is 0 Å². The van der Waals surface area contributed by atoms with Crippen molar-refractivity contribution >= 4 is 23.2 Å². The highest BCUT2D eigenvalue weighted by atomic mass is 35.5. The van der Waals surface area contributed by atoms with Crippen molar-refractivity contribution in [1.82, 2.24) is 0 Å². The minimum atomic E-state index is -0.323. The average molecular weight is 327 g/mol. The van der Waals surface area contributed by atoms with E-state index in [-0.39, 0.29) is 10.8 Å². The number of allylic oxidation sites excluding steroid dienone is 4. The number of hydrogen-bond acceptors (Lipinski definition) is 0. The summed E-state index contributed by atoms with van der Waals surface area (Å²) in [5.41, 5.74) is 2.24. The molecule has 0 N–H and O–H groups in total. The molecule has 0 spiro atoms. The van der Waals surface area contributed by atoms with Gasteiger partial charge in [-0.05, 0) is 60.4 Å². The second-order valence-corrected chi connectivity index (χ2v) is 6.73. The number of benzene rings is 1. The van der Waals surface area contributed by atoms with Crippen molar-refractivity contribution in [3.63, 3.8) is 0 Å². The van der Waals surface area contributed by atoms with Crippen LogP contribution in [0, 0.1) is 17.7 Å². The molecule has 2 rings (SSSR count). The lowest BCUT2D eigenvalue weighted by Crippen LogP contribution is -2.15. The largest absolute Gasteiger partial charge is 0.205 e. The van der Waals surface area contributed by atoms with Crippen LogP contribution in [0.4, 0.5) is 4.39 Å². The van der Waals surface area contributed by atoms with E-state index in [2.05, 4.69) is 19.9 Å². The number of rotatable bonds is 5. The van der Waals surface area contributed by atoms with Crippen LogP contribution in [0.3, 0.4) is 0 Å². The summed E-state index contributed by atoms with van der Waals surface area (Å²) in [4.78, 5) is 0. The van der Waals surface area contributed by atoms with Gasteiger partial charge in [0, 0.05) is 5.03 Å². The third-order valence-electron chi connectivity index (χ3n) is 4.10. The Labute approximate surface area is 136 Å². The lowest BCUT2D eigenvalue weighted by atomic mass is 9.83. The topological polar surface area (TPSA) is 0 Å². The normalized spacial score (nSPS) is 19.5. The quantitative estimate of drug-likeness (QED) is 0.594. The Morgan fingerprint density at radius 1 is 1.29 bits per heavy atom. The standard InChI is InChI=1S/C18H21Cl2F/c1-3-5-14-10-17(20)18(21)11-15(14)8-12(2)13-6-4-7-16(19)9-13/h4,6-7,10-13H,3,5,8-9H2,1-2H3. The van der Waals surface area contributed by atoms with Crippen molar-refractivity contribution in [1.29, 1.82) is 0 Å². The molecule has 21 heavy (non-hydrogen) atoms. The van der Waals surface area contributed by atoms with Gasteiger partial charge in [-0.3, -0.25) is 0 Å². The van der Waals surface area contributed by atoms with Crippen molar-refractivity contribution < 1.29 is 4.39 Å². The van der Waals surface area contributed by atoms with E-state index in [1.807, 2.05) is 12.2 Å². The van der Waals surface area contributed by atoms with Crippen molar-refractivity contribution in [3.8, 4) is 0 Å². The van der Waals surface area contributed by atoms with Gasteiger partial charge in [0.05, 0.1) is 5.02 Å². The summed E-state index contributed by atoms with van der Waals surface area (Å²) in [5.74, 6) is 0.506. The average Bonchev–Trinajstić information content (AvgIpc) is 2.44. The van der Waals surface area contributed by atoms with E-state index in [9.17, 15) is 4.39 Å². The molecule has 0 fully saturated rings. The molecule has 0 heterocycles. The molecule has 1 aliphatic rings. The molecule has 0 saturated carbocycles. The molecule has 1 aromatic rings. The maximum Gasteiger partial charge on any atom is 0.142 e. The Kier molecular flexibility index (Phi) is 5.89. The van der Waals surface area contributed by atoms with Gasteiger partial charge in [0.15, 0.2) is 0 Å². The van der Waals surface area contributed by atoms with Crippen LogP contribution < -0.4 is 0 Å². The molecule has 2 atom stereocenters. The van der Waals surface area contributed by atoms with Gasteiger partial charge in [-0.15, -0.1) is 0 Å². The zero-order valence-corrected chi connectivity index (χ0v) is 14.0. The van der Waals surface area contributed by atoms with E-state index in [4.69, 9.17) is 23.2 Å². The molecular weight excluding hydrogens is 306 g/mol. The highest BCUT2D eigenvalue weighted by Crippen LogP contribution is 2.31. The van der Waals surface area contributed by atoms with E-state index in [1.54, 1.807) is 12.1 Å². The number of hydrogen-bond donors (Lipinski definition) is 0. The predicted molar refractivity (Wildman–Crippen MR) is 89.5 cm³/mol. The molecule has 0 amide bonds. The van der Waals surface area contributed by atoms with E-state index >= 15 is 0 Å². The zero-order valence-electron chi connectivity index (χ0n) is 12.5. The first-order valence-electron chi connectivity index (χ1n) is 7.51. The monoisotopic (exact) mass is 326 g/mol. The van der Waals surface area contributed by atoms with Crippen LogP contribution in [0.2, 0.25) is 5.02 Å². The predicted octanol–water partition coefficient (Wildman–Crippen LogP) is 6.31. The Morgan fingerprint density at radius 3 is 2.71 bits per heavy atom.